The standard InChI is InChI=1S/C24H23N3.ClH/c1-16-10-21(13-23-24(16)27-15-26-23)18-8-6-17(7-9-18)14-25-22-11-19-4-2-3-5-20(19)12-22;/h2-10,13,15,22,25H,11-12,14H2,1H3,(H,26,27);1H. The third-order valence-electron chi connectivity index (χ3n) is 5.65. The van der Waals surface area contributed by atoms with Crippen LogP contribution in [-0.4, -0.2) is 16.0 Å². The van der Waals surface area contributed by atoms with E-state index in [9.17, 15) is 0 Å². The van der Waals surface area contributed by atoms with E-state index in [1.807, 2.05) is 0 Å². The molecule has 0 saturated carbocycles. The molecule has 0 spiro atoms. The first-order valence-electron chi connectivity index (χ1n) is 9.59. The molecule has 28 heavy (non-hydrogen) atoms. The van der Waals surface area contributed by atoms with E-state index in [1.165, 1.54) is 33.4 Å². The summed E-state index contributed by atoms with van der Waals surface area (Å²) in [7, 11) is 0. The van der Waals surface area contributed by atoms with Gasteiger partial charge in [0.1, 0.15) is 0 Å². The number of imidazole rings is 1. The lowest BCUT2D eigenvalue weighted by molar-refractivity contribution is 0.533. The monoisotopic (exact) mass is 389 g/mol. The molecule has 1 aliphatic carbocycles. The molecule has 1 aliphatic rings. The molecule has 0 atom stereocenters. The molecule has 0 unspecified atom stereocenters. The van der Waals surface area contributed by atoms with E-state index in [4.69, 9.17) is 0 Å². The third kappa shape index (κ3) is 3.56. The Kier molecular flexibility index (Phi) is 5.21. The molecule has 4 heteroatoms. The number of hydrogen-bond acceptors (Lipinski definition) is 2. The first-order chi connectivity index (χ1) is 13.3. The summed E-state index contributed by atoms with van der Waals surface area (Å²) >= 11 is 0. The van der Waals surface area contributed by atoms with Crippen molar-refractivity contribution >= 4 is 23.4 Å². The number of benzene rings is 3. The van der Waals surface area contributed by atoms with Crippen molar-refractivity contribution in [1.82, 2.24) is 15.3 Å². The van der Waals surface area contributed by atoms with Crippen LogP contribution in [0.3, 0.4) is 0 Å². The summed E-state index contributed by atoms with van der Waals surface area (Å²) in [5.74, 6) is 0. The van der Waals surface area contributed by atoms with Crippen molar-refractivity contribution in [2.45, 2.75) is 32.4 Å². The van der Waals surface area contributed by atoms with Crippen LogP contribution in [0, 0.1) is 6.92 Å². The van der Waals surface area contributed by atoms with Crippen LogP contribution in [0.4, 0.5) is 0 Å². The van der Waals surface area contributed by atoms with Gasteiger partial charge in [-0.25, -0.2) is 4.98 Å². The Hall–Kier alpha value is -2.62. The summed E-state index contributed by atoms with van der Waals surface area (Å²) in [5.41, 5.74) is 10.1. The fourth-order valence-electron chi connectivity index (χ4n) is 4.17. The molecule has 142 valence electrons. The Labute approximate surface area is 171 Å². The van der Waals surface area contributed by atoms with Crippen LogP contribution in [0.15, 0.2) is 67.0 Å². The third-order valence-corrected chi connectivity index (χ3v) is 5.65. The van der Waals surface area contributed by atoms with Crippen molar-refractivity contribution in [3.05, 3.63) is 89.2 Å². The number of hydrogen-bond donors (Lipinski definition) is 2. The van der Waals surface area contributed by atoms with Gasteiger partial charge < -0.3 is 10.3 Å². The fourth-order valence-corrected chi connectivity index (χ4v) is 4.17. The topological polar surface area (TPSA) is 40.7 Å². The highest BCUT2D eigenvalue weighted by Crippen LogP contribution is 2.26. The fraction of sp³-hybridized carbons (Fsp3) is 0.208. The maximum absolute atomic E-state index is 4.38. The number of nitrogens with zero attached hydrogens (tertiary/aromatic N) is 1. The Morgan fingerprint density at radius 2 is 1.68 bits per heavy atom. The highest BCUT2D eigenvalue weighted by atomic mass is 35.5. The summed E-state index contributed by atoms with van der Waals surface area (Å²) in [6.07, 6.45) is 4.03. The number of aryl methyl sites for hydroxylation is 1. The number of H-pyrrole nitrogens is 1. The number of fused-ring (bicyclic) bond motifs is 2. The Morgan fingerprint density at radius 1 is 0.964 bits per heavy atom. The van der Waals surface area contributed by atoms with Crippen LogP contribution >= 0.6 is 12.4 Å². The second kappa shape index (κ2) is 7.78. The lowest BCUT2D eigenvalue weighted by Gasteiger charge is -2.12. The first-order valence-corrected chi connectivity index (χ1v) is 9.59. The van der Waals surface area contributed by atoms with E-state index in [0.717, 1.165) is 30.4 Å². The maximum atomic E-state index is 4.38. The van der Waals surface area contributed by atoms with Gasteiger partial charge in [0.25, 0.3) is 0 Å². The van der Waals surface area contributed by atoms with Crippen LogP contribution in [-0.2, 0) is 19.4 Å². The summed E-state index contributed by atoms with van der Waals surface area (Å²) in [6.45, 7) is 3.03. The number of halogens is 1. The van der Waals surface area contributed by atoms with Crippen molar-refractivity contribution < 1.29 is 0 Å². The highest BCUT2D eigenvalue weighted by molar-refractivity contribution is 5.85. The minimum Gasteiger partial charge on any atom is -0.345 e. The molecule has 0 radical (unpaired) electrons. The van der Waals surface area contributed by atoms with Gasteiger partial charge in [0, 0.05) is 12.6 Å². The maximum Gasteiger partial charge on any atom is 0.0931 e. The zero-order chi connectivity index (χ0) is 18.2. The predicted molar refractivity (Wildman–Crippen MR) is 118 cm³/mol. The molecule has 0 bridgehead atoms. The molecule has 4 aromatic rings. The van der Waals surface area contributed by atoms with Gasteiger partial charge in [0.05, 0.1) is 17.4 Å². The van der Waals surface area contributed by atoms with Crippen molar-refractivity contribution in [2.75, 3.05) is 0 Å². The molecule has 0 fully saturated rings. The minimum atomic E-state index is 0. The zero-order valence-corrected chi connectivity index (χ0v) is 16.7. The van der Waals surface area contributed by atoms with Crippen LogP contribution in [0.2, 0.25) is 0 Å². The lowest BCUT2D eigenvalue weighted by atomic mass is 10.0. The molecular weight excluding hydrogens is 366 g/mol. The van der Waals surface area contributed by atoms with E-state index >= 15 is 0 Å². The lowest BCUT2D eigenvalue weighted by Crippen LogP contribution is -2.28. The summed E-state index contributed by atoms with van der Waals surface area (Å²) in [4.78, 5) is 7.60. The largest absolute Gasteiger partial charge is 0.345 e. The number of nitrogens with one attached hydrogen (secondary N) is 2. The Morgan fingerprint density at radius 3 is 2.39 bits per heavy atom. The SMILES string of the molecule is Cc1cc(-c2ccc(CNC3Cc4ccccc4C3)cc2)cc2[nH]cnc12.Cl. The van der Waals surface area contributed by atoms with Crippen molar-refractivity contribution in [2.24, 2.45) is 0 Å². The van der Waals surface area contributed by atoms with E-state index in [2.05, 4.69) is 82.9 Å². The van der Waals surface area contributed by atoms with Crippen LogP contribution in [0.1, 0.15) is 22.3 Å². The number of rotatable bonds is 4. The second-order valence-corrected chi connectivity index (χ2v) is 7.54. The molecule has 3 aromatic carbocycles. The van der Waals surface area contributed by atoms with E-state index in [-0.39, 0.29) is 12.4 Å². The zero-order valence-electron chi connectivity index (χ0n) is 15.9. The average molecular weight is 390 g/mol. The molecule has 2 N–H and O–H groups in total. The molecule has 1 heterocycles. The van der Waals surface area contributed by atoms with Crippen molar-refractivity contribution in [3.63, 3.8) is 0 Å². The van der Waals surface area contributed by atoms with E-state index in [1.54, 1.807) is 6.33 Å². The normalized spacial score (nSPS) is 13.5. The Bertz CT molecular complexity index is 1070. The summed E-state index contributed by atoms with van der Waals surface area (Å²) in [5, 5.41) is 3.72. The van der Waals surface area contributed by atoms with Gasteiger partial charge in [-0.1, -0.05) is 48.5 Å². The predicted octanol–water partition coefficient (Wildman–Crippen LogP) is 5.22. The molecule has 0 saturated heterocycles. The molecule has 0 aliphatic heterocycles. The van der Waals surface area contributed by atoms with Crippen LogP contribution < -0.4 is 5.32 Å². The van der Waals surface area contributed by atoms with Gasteiger partial charge >= 0.3 is 0 Å². The van der Waals surface area contributed by atoms with Gasteiger partial charge in [-0.15, -0.1) is 12.4 Å². The average Bonchev–Trinajstić information content (AvgIpc) is 3.33. The molecule has 1 aromatic heterocycles. The second-order valence-electron chi connectivity index (χ2n) is 7.54. The minimum absolute atomic E-state index is 0. The van der Waals surface area contributed by atoms with Crippen molar-refractivity contribution in [1.29, 1.82) is 0 Å². The van der Waals surface area contributed by atoms with Crippen LogP contribution in [0.25, 0.3) is 22.2 Å². The van der Waals surface area contributed by atoms with Gasteiger partial charge in [-0.2, -0.15) is 0 Å². The Balaban J connectivity index is 0.00000192. The van der Waals surface area contributed by atoms with Gasteiger partial charge in [0.15, 0.2) is 0 Å². The molecule has 0 amide bonds. The highest BCUT2D eigenvalue weighted by Gasteiger charge is 2.20. The molecule has 3 nitrogen and oxygen atoms in total. The number of aromatic amines is 1. The number of aromatic nitrogens is 2. The van der Waals surface area contributed by atoms with Gasteiger partial charge in [-0.3, -0.25) is 0 Å². The van der Waals surface area contributed by atoms with E-state index < -0.39 is 0 Å². The quantitative estimate of drug-likeness (QED) is 0.502. The summed E-state index contributed by atoms with van der Waals surface area (Å²) < 4.78 is 0. The smallest absolute Gasteiger partial charge is 0.0931 e. The van der Waals surface area contributed by atoms with Gasteiger partial charge in [0.2, 0.25) is 0 Å². The molecular formula is C24H24ClN3. The molecule has 5 rings (SSSR count). The summed E-state index contributed by atoms with van der Waals surface area (Å²) in [6, 6.07) is 22.6. The first kappa shape index (κ1) is 18.7. The van der Waals surface area contributed by atoms with Crippen molar-refractivity contribution in [3.8, 4) is 11.1 Å². The van der Waals surface area contributed by atoms with Crippen LogP contribution in [0.5, 0.6) is 0 Å². The van der Waals surface area contributed by atoms with E-state index in [0.29, 0.717) is 6.04 Å². The van der Waals surface area contributed by atoms with Gasteiger partial charge in [-0.05, 0) is 65.3 Å².